The highest BCUT2D eigenvalue weighted by molar-refractivity contribution is 7.80. The van der Waals surface area contributed by atoms with Crippen LogP contribution >= 0.6 is 12.2 Å². The van der Waals surface area contributed by atoms with Crippen molar-refractivity contribution in [1.82, 2.24) is 4.98 Å². The first kappa shape index (κ1) is 13.6. The maximum Gasteiger partial charge on any atom is 0.231 e. The molecule has 0 atom stereocenters. The van der Waals surface area contributed by atoms with Gasteiger partial charge in [0.25, 0.3) is 0 Å². The zero-order valence-electron chi connectivity index (χ0n) is 11.8. The standard InChI is InChI=1S/C15H15N3O2S/c1-8-5-11(14(15(16)21)9(2)17-8)18-10-3-4-12-13(6-10)20-7-19-12/h3-6H,7H2,1-2H3,(H2,16,21)(H,17,18). The van der Waals surface area contributed by atoms with E-state index in [0.717, 1.165) is 39.8 Å². The van der Waals surface area contributed by atoms with Crippen LogP contribution in [0.3, 0.4) is 0 Å². The third kappa shape index (κ3) is 2.62. The zero-order chi connectivity index (χ0) is 15.0. The molecule has 5 nitrogen and oxygen atoms in total. The molecule has 0 aliphatic carbocycles. The smallest absolute Gasteiger partial charge is 0.231 e. The molecule has 21 heavy (non-hydrogen) atoms. The topological polar surface area (TPSA) is 69.4 Å². The number of anilines is 2. The Kier molecular flexibility index (Phi) is 3.39. The van der Waals surface area contributed by atoms with Crippen LogP contribution in [0, 0.1) is 13.8 Å². The SMILES string of the molecule is Cc1cc(Nc2ccc3c(c2)OCO3)c(C(N)=S)c(C)n1. The van der Waals surface area contributed by atoms with E-state index < -0.39 is 0 Å². The lowest BCUT2D eigenvalue weighted by atomic mass is 10.1. The molecule has 6 heteroatoms. The van der Waals surface area contributed by atoms with Gasteiger partial charge in [0.15, 0.2) is 11.5 Å². The summed E-state index contributed by atoms with van der Waals surface area (Å²) in [6.45, 7) is 4.08. The number of thiocarbonyl (C=S) groups is 1. The van der Waals surface area contributed by atoms with E-state index in [0.29, 0.717) is 4.99 Å². The number of nitrogens with zero attached hydrogens (tertiary/aromatic N) is 1. The summed E-state index contributed by atoms with van der Waals surface area (Å²) in [4.78, 5) is 4.73. The van der Waals surface area contributed by atoms with E-state index in [1.807, 2.05) is 38.1 Å². The fourth-order valence-electron chi connectivity index (χ4n) is 2.37. The number of pyridine rings is 1. The highest BCUT2D eigenvalue weighted by atomic mass is 32.1. The van der Waals surface area contributed by atoms with Crippen LogP contribution in [0.1, 0.15) is 17.0 Å². The fourth-order valence-corrected chi connectivity index (χ4v) is 2.63. The van der Waals surface area contributed by atoms with Gasteiger partial charge in [-0.1, -0.05) is 12.2 Å². The van der Waals surface area contributed by atoms with Crippen molar-refractivity contribution in [2.24, 2.45) is 5.73 Å². The molecule has 2 aromatic rings. The van der Waals surface area contributed by atoms with Crippen LogP contribution in [0.2, 0.25) is 0 Å². The molecule has 0 saturated heterocycles. The lowest BCUT2D eigenvalue weighted by Crippen LogP contribution is -2.15. The van der Waals surface area contributed by atoms with E-state index in [1.165, 1.54) is 0 Å². The Morgan fingerprint density at radius 1 is 1.24 bits per heavy atom. The summed E-state index contributed by atoms with van der Waals surface area (Å²) in [6.07, 6.45) is 0. The number of ether oxygens (including phenoxy) is 2. The number of nitrogens with one attached hydrogen (secondary N) is 1. The summed E-state index contributed by atoms with van der Waals surface area (Å²) in [5.41, 5.74) is 10.00. The minimum absolute atomic E-state index is 0.254. The number of rotatable bonds is 3. The summed E-state index contributed by atoms with van der Waals surface area (Å²) in [7, 11) is 0. The van der Waals surface area contributed by atoms with Gasteiger partial charge in [0, 0.05) is 23.1 Å². The van der Waals surface area contributed by atoms with Crippen LogP contribution in [-0.2, 0) is 0 Å². The molecule has 2 heterocycles. The molecule has 0 unspecified atom stereocenters. The van der Waals surface area contributed by atoms with Crippen molar-refractivity contribution in [1.29, 1.82) is 0 Å². The van der Waals surface area contributed by atoms with E-state index in [1.54, 1.807) is 0 Å². The monoisotopic (exact) mass is 301 g/mol. The van der Waals surface area contributed by atoms with E-state index in [-0.39, 0.29) is 6.79 Å². The fraction of sp³-hybridized carbons (Fsp3) is 0.200. The third-order valence-electron chi connectivity index (χ3n) is 3.23. The molecule has 1 aromatic heterocycles. The van der Waals surface area contributed by atoms with Crippen molar-refractivity contribution in [3.05, 3.63) is 41.2 Å². The first-order valence-corrected chi connectivity index (χ1v) is 6.90. The molecule has 3 N–H and O–H groups in total. The highest BCUT2D eigenvalue weighted by Gasteiger charge is 2.15. The molecule has 0 bridgehead atoms. The predicted octanol–water partition coefficient (Wildman–Crippen LogP) is 2.80. The van der Waals surface area contributed by atoms with Crippen molar-refractivity contribution < 1.29 is 9.47 Å². The largest absolute Gasteiger partial charge is 0.454 e. The van der Waals surface area contributed by atoms with Gasteiger partial charge in [-0.05, 0) is 32.0 Å². The Balaban J connectivity index is 1.99. The number of fused-ring (bicyclic) bond motifs is 1. The van der Waals surface area contributed by atoms with Gasteiger partial charge in [-0.15, -0.1) is 0 Å². The van der Waals surface area contributed by atoms with E-state index in [4.69, 9.17) is 27.4 Å². The second-order valence-corrected chi connectivity index (χ2v) is 5.27. The summed E-state index contributed by atoms with van der Waals surface area (Å²) in [6, 6.07) is 7.59. The van der Waals surface area contributed by atoms with Gasteiger partial charge in [0.1, 0.15) is 4.99 Å². The van der Waals surface area contributed by atoms with Crippen LogP contribution in [0.5, 0.6) is 11.5 Å². The van der Waals surface area contributed by atoms with Gasteiger partial charge in [0.2, 0.25) is 6.79 Å². The molecular weight excluding hydrogens is 286 g/mol. The van der Waals surface area contributed by atoms with Gasteiger partial charge in [-0.2, -0.15) is 0 Å². The molecule has 1 aliphatic rings. The summed E-state index contributed by atoms with van der Waals surface area (Å²) in [5.74, 6) is 1.47. The minimum Gasteiger partial charge on any atom is -0.454 e. The second kappa shape index (κ2) is 5.21. The predicted molar refractivity (Wildman–Crippen MR) is 85.4 cm³/mol. The Bertz CT molecular complexity index is 731. The van der Waals surface area contributed by atoms with Crippen molar-refractivity contribution >= 4 is 28.6 Å². The molecule has 3 rings (SSSR count). The minimum atomic E-state index is 0.254. The molecule has 1 aromatic carbocycles. The average molecular weight is 301 g/mol. The molecule has 0 amide bonds. The maximum absolute atomic E-state index is 5.82. The average Bonchev–Trinajstić information content (AvgIpc) is 2.84. The van der Waals surface area contributed by atoms with Crippen LogP contribution < -0.4 is 20.5 Å². The summed E-state index contributed by atoms with van der Waals surface area (Å²) in [5, 5.41) is 3.32. The van der Waals surface area contributed by atoms with Crippen molar-refractivity contribution in [2.45, 2.75) is 13.8 Å². The zero-order valence-corrected chi connectivity index (χ0v) is 12.6. The van der Waals surface area contributed by atoms with Crippen LogP contribution in [-0.4, -0.2) is 16.8 Å². The van der Waals surface area contributed by atoms with Gasteiger partial charge in [-0.25, -0.2) is 0 Å². The van der Waals surface area contributed by atoms with E-state index in [2.05, 4.69) is 10.3 Å². The molecule has 0 radical (unpaired) electrons. The normalized spacial score (nSPS) is 12.3. The first-order chi connectivity index (χ1) is 10.0. The number of hydrogen-bond acceptors (Lipinski definition) is 5. The van der Waals surface area contributed by atoms with Crippen LogP contribution in [0.4, 0.5) is 11.4 Å². The molecule has 108 valence electrons. The number of nitrogens with two attached hydrogens (primary N) is 1. The summed E-state index contributed by atoms with van der Waals surface area (Å²) >= 11 is 5.13. The molecular formula is C15H15N3O2S. The van der Waals surface area contributed by atoms with E-state index in [9.17, 15) is 0 Å². The number of hydrogen-bond donors (Lipinski definition) is 2. The van der Waals surface area contributed by atoms with Crippen molar-refractivity contribution in [3.63, 3.8) is 0 Å². The number of aromatic nitrogens is 1. The third-order valence-corrected chi connectivity index (χ3v) is 3.43. The highest BCUT2D eigenvalue weighted by Crippen LogP contribution is 2.35. The second-order valence-electron chi connectivity index (χ2n) is 4.83. The quantitative estimate of drug-likeness (QED) is 0.850. The molecule has 0 fully saturated rings. The van der Waals surface area contributed by atoms with Crippen molar-refractivity contribution in [2.75, 3.05) is 12.1 Å². The Morgan fingerprint density at radius 3 is 2.76 bits per heavy atom. The Hall–Kier alpha value is -2.34. The van der Waals surface area contributed by atoms with Gasteiger partial charge < -0.3 is 20.5 Å². The lowest BCUT2D eigenvalue weighted by molar-refractivity contribution is 0.174. The van der Waals surface area contributed by atoms with Crippen LogP contribution in [0.15, 0.2) is 24.3 Å². The van der Waals surface area contributed by atoms with Gasteiger partial charge >= 0.3 is 0 Å². The summed E-state index contributed by atoms with van der Waals surface area (Å²) < 4.78 is 10.7. The van der Waals surface area contributed by atoms with E-state index >= 15 is 0 Å². The van der Waals surface area contributed by atoms with Gasteiger partial charge in [-0.3, -0.25) is 4.98 Å². The number of aryl methyl sites for hydroxylation is 2. The molecule has 0 saturated carbocycles. The van der Waals surface area contributed by atoms with Crippen LogP contribution in [0.25, 0.3) is 0 Å². The van der Waals surface area contributed by atoms with Gasteiger partial charge in [0.05, 0.1) is 11.3 Å². The lowest BCUT2D eigenvalue weighted by Gasteiger charge is -2.14. The number of benzene rings is 1. The van der Waals surface area contributed by atoms with Crippen molar-refractivity contribution in [3.8, 4) is 11.5 Å². The molecule has 0 spiro atoms. The Morgan fingerprint density at radius 2 is 2.00 bits per heavy atom. The maximum atomic E-state index is 5.82. The first-order valence-electron chi connectivity index (χ1n) is 6.49. The molecule has 1 aliphatic heterocycles. The Labute approximate surface area is 128 Å².